The highest BCUT2D eigenvalue weighted by Gasteiger charge is 2.63. The number of piperidine rings is 1. The van der Waals surface area contributed by atoms with Gasteiger partial charge in [0.2, 0.25) is 27.7 Å². The number of sulfonamides is 1. The van der Waals surface area contributed by atoms with Crippen molar-refractivity contribution in [1.29, 1.82) is 0 Å². The number of fused-ring (bicyclic) bond motifs is 7. The molecule has 4 saturated carbocycles. The van der Waals surface area contributed by atoms with Crippen LogP contribution in [0.25, 0.3) is 10.9 Å². The van der Waals surface area contributed by atoms with Gasteiger partial charge in [-0.25, -0.2) is 18.2 Å². The summed E-state index contributed by atoms with van der Waals surface area (Å²) in [5.74, 6) is -1.07. The van der Waals surface area contributed by atoms with Gasteiger partial charge in [-0.15, -0.1) is 6.58 Å². The summed E-state index contributed by atoms with van der Waals surface area (Å²) >= 11 is 0. The molecule has 2 aromatic rings. The Morgan fingerprint density at radius 3 is 2.38 bits per heavy atom. The molecule has 4 amide bonds. The summed E-state index contributed by atoms with van der Waals surface area (Å²) in [7, 11) is -4.01. The first kappa shape index (κ1) is 43.5. The number of carbonyl (C=O) groups is 4. The van der Waals surface area contributed by atoms with Crippen molar-refractivity contribution in [2.75, 3.05) is 6.54 Å². The molecule has 4 N–H and O–H groups in total. The summed E-state index contributed by atoms with van der Waals surface area (Å²) in [6, 6.07) is 6.75. The Hall–Kier alpha value is -4.44. The van der Waals surface area contributed by atoms with Crippen LogP contribution in [0, 0.1) is 17.8 Å². The third-order valence-corrected chi connectivity index (χ3v) is 18.1. The van der Waals surface area contributed by atoms with Gasteiger partial charge in [0.05, 0.1) is 22.4 Å². The average molecular weight is 901 g/mol. The van der Waals surface area contributed by atoms with Crippen molar-refractivity contribution in [2.45, 2.75) is 182 Å². The molecular weight excluding hydrogens is 837 g/mol. The average Bonchev–Trinajstić information content (AvgIpc) is 4.24. The molecule has 64 heavy (non-hydrogen) atoms. The lowest BCUT2D eigenvalue weighted by Gasteiger charge is -2.34. The number of nitrogens with zero attached hydrogens (tertiary/aromatic N) is 2. The van der Waals surface area contributed by atoms with Gasteiger partial charge in [-0.3, -0.25) is 19.1 Å². The molecule has 346 valence electrons. The van der Waals surface area contributed by atoms with E-state index < -0.39 is 68.2 Å². The number of rotatable bonds is 9. The van der Waals surface area contributed by atoms with E-state index in [4.69, 9.17) is 19.2 Å². The summed E-state index contributed by atoms with van der Waals surface area (Å²) in [5, 5.41) is 10.5. The van der Waals surface area contributed by atoms with Crippen molar-refractivity contribution in [3.63, 3.8) is 0 Å². The minimum atomic E-state index is -4.01. The number of aromatic nitrogens is 1. The van der Waals surface area contributed by atoms with Crippen molar-refractivity contribution in [2.24, 2.45) is 17.8 Å². The highest BCUT2D eigenvalue weighted by Crippen LogP contribution is 2.48. The van der Waals surface area contributed by atoms with Crippen LogP contribution in [0.2, 0.25) is 0 Å². The minimum Gasteiger partial charge on any atom is -0.489 e. The van der Waals surface area contributed by atoms with Gasteiger partial charge < -0.3 is 35.1 Å². The normalized spacial score (nSPS) is 35.0. The van der Waals surface area contributed by atoms with Gasteiger partial charge in [-0.1, -0.05) is 50.3 Å². The van der Waals surface area contributed by atoms with Gasteiger partial charge in [-0.05, 0) is 114 Å². The Balaban J connectivity index is 0.997. The molecule has 0 radical (unpaired) electrons. The summed E-state index contributed by atoms with van der Waals surface area (Å²) in [5.41, 5.74) is 0.0443. The highest BCUT2D eigenvalue weighted by molar-refractivity contribution is 7.91. The maximum absolute atomic E-state index is 15.1. The second-order valence-corrected chi connectivity index (χ2v) is 22.7. The number of amides is 4. The second-order valence-electron chi connectivity index (χ2n) is 20.5. The Labute approximate surface area is 376 Å². The van der Waals surface area contributed by atoms with Crippen molar-refractivity contribution in [1.82, 2.24) is 30.6 Å². The summed E-state index contributed by atoms with van der Waals surface area (Å²) < 4.78 is 47.7. The van der Waals surface area contributed by atoms with E-state index in [0.717, 1.165) is 112 Å². The number of hydrogen-bond donors (Lipinski definition) is 4. The first-order valence-electron chi connectivity index (χ1n) is 24.1. The van der Waals surface area contributed by atoms with Crippen LogP contribution in [-0.4, -0.2) is 101 Å². The molecule has 1 aromatic carbocycles. The van der Waals surface area contributed by atoms with Crippen molar-refractivity contribution in [3.05, 3.63) is 42.5 Å². The molecule has 5 heterocycles. The van der Waals surface area contributed by atoms with E-state index in [9.17, 15) is 22.8 Å². The first-order valence-corrected chi connectivity index (χ1v) is 25.6. The maximum atomic E-state index is 15.1. The smallest absolute Gasteiger partial charge is 0.408 e. The fourth-order valence-electron chi connectivity index (χ4n) is 11.5. The van der Waals surface area contributed by atoms with E-state index in [-0.39, 0.29) is 43.4 Å². The van der Waals surface area contributed by atoms with E-state index in [1.807, 2.05) is 18.2 Å². The number of benzene rings is 1. The number of ether oxygens (including phenoxy) is 3. The molecule has 4 aliphatic heterocycles. The molecule has 16 heteroatoms. The number of pyridine rings is 1. The quantitative estimate of drug-likeness (QED) is 0.233. The lowest BCUT2D eigenvalue weighted by molar-refractivity contribution is -0.142. The molecule has 3 saturated heterocycles. The van der Waals surface area contributed by atoms with E-state index in [1.54, 1.807) is 13.0 Å². The van der Waals surface area contributed by atoms with Crippen LogP contribution in [-0.2, 0) is 35.6 Å². The fourth-order valence-corrected chi connectivity index (χ4v) is 12.8. The van der Waals surface area contributed by atoms with Crippen LogP contribution in [0.3, 0.4) is 0 Å². The molecule has 1 aromatic heterocycles. The molecule has 0 spiro atoms. The van der Waals surface area contributed by atoms with Crippen LogP contribution in [0.5, 0.6) is 11.6 Å². The number of carbonyl (C=O) groups excluding carboxylic acids is 4. The number of alkyl carbamates (subject to hydrolysis) is 1. The fraction of sp³-hybridized carbons (Fsp3) is 0.688. The maximum Gasteiger partial charge on any atom is 0.408 e. The molecule has 7 fully saturated rings. The minimum absolute atomic E-state index is 0.0141. The zero-order valence-electron chi connectivity index (χ0n) is 37.0. The molecule has 8 aliphatic rings. The SMILES string of the molecule is C=C[C@@H]1C[C@]1(NC(=O)[C@@H]1C[C@@H]2CN1C(=O)[C@H](C1CCCCC1)NC(=O)O[C@@H]1C[C@H]1CCCCCc1c(nc3ccccc3c1OC1C[C@H]3CC[C@@H](C1)N3)O2)C(=O)NS(=O)(=O)C1(C)CC1. The van der Waals surface area contributed by atoms with E-state index >= 15 is 4.79 Å². The summed E-state index contributed by atoms with van der Waals surface area (Å²) in [6.45, 7) is 5.48. The first-order chi connectivity index (χ1) is 30.8. The molecule has 4 aliphatic carbocycles. The number of nitrogens with one attached hydrogen (secondary N) is 4. The molecule has 10 atom stereocenters. The molecule has 10 rings (SSSR count). The Bertz CT molecular complexity index is 2290. The van der Waals surface area contributed by atoms with Crippen molar-refractivity contribution >= 4 is 44.7 Å². The largest absolute Gasteiger partial charge is 0.489 e. The van der Waals surface area contributed by atoms with Gasteiger partial charge in [0.1, 0.15) is 41.7 Å². The van der Waals surface area contributed by atoms with E-state index in [2.05, 4.69) is 33.3 Å². The zero-order chi connectivity index (χ0) is 44.4. The summed E-state index contributed by atoms with van der Waals surface area (Å²) in [6.07, 6.45) is 14.8. The van der Waals surface area contributed by atoms with Crippen LogP contribution >= 0.6 is 0 Å². The lowest BCUT2D eigenvalue weighted by Crippen LogP contribution is -2.59. The number of hydrogen-bond acceptors (Lipinski definition) is 11. The lowest BCUT2D eigenvalue weighted by atomic mass is 9.83. The molecule has 15 nitrogen and oxygen atoms in total. The molecule has 1 unspecified atom stereocenters. The molecular formula is C48H64N6O9S. The predicted octanol–water partition coefficient (Wildman–Crippen LogP) is 5.48. The van der Waals surface area contributed by atoms with Crippen LogP contribution in [0.15, 0.2) is 36.9 Å². The standard InChI is InChI=1S/C48H64N6O9S/c1-3-30-26-48(30,45(57)53-64(59,60)47(2)20-21-47)52-42(55)38-25-34-27-54(38)44(56)40(28-12-6-4-7-13-28)51-46(58)63-39-22-29(39)14-8-5-9-16-36-41(61-33-23-31-18-19-32(24-33)49-31)35-15-10-11-17-37(35)50-43(36)62-34/h3,10-11,15,17,28-34,38-40,49H,1,4-9,12-14,16,18-27H2,2H3,(H,51,58)(H,52,55)(H,53,57)/t29-,30-,31-,32+,33?,34-,38+,39-,40+,48-/m1/s1. The monoisotopic (exact) mass is 900 g/mol. The predicted molar refractivity (Wildman–Crippen MR) is 238 cm³/mol. The number of para-hydroxylation sites is 1. The van der Waals surface area contributed by atoms with Gasteiger partial charge in [0.15, 0.2) is 0 Å². The Morgan fingerprint density at radius 2 is 1.66 bits per heavy atom. The third kappa shape index (κ3) is 8.57. The van der Waals surface area contributed by atoms with Crippen LogP contribution in [0.4, 0.5) is 4.79 Å². The second kappa shape index (κ2) is 17.1. The van der Waals surface area contributed by atoms with E-state index in [1.165, 1.54) is 4.90 Å². The molecule has 4 bridgehead atoms. The summed E-state index contributed by atoms with van der Waals surface area (Å²) in [4.78, 5) is 64.1. The van der Waals surface area contributed by atoms with Crippen molar-refractivity contribution < 1.29 is 41.8 Å². The van der Waals surface area contributed by atoms with Crippen molar-refractivity contribution in [3.8, 4) is 11.6 Å². The highest BCUT2D eigenvalue weighted by atomic mass is 32.2. The van der Waals surface area contributed by atoms with Gasteiger partial charge in [-0.2, -0.15) is 0 Å². The Morgan fingerprint density at radius 1 is 0.938 bits per heavy atom. The third-order valence-electron chi connectivity index (χ3n) is 15.9. The topological polar surface area (TPSA) is 194 Å². The van der Waals surface area contributed by atoms with Gasteiger partial charge >= 0.3 is 6.09 Å². The van der Waals surface area contributed by atoms with Gasteiger partial charge in [0, 0.05) is 29.8 Å². The zero-order valence-corrected chi connectivity index (χ0v) is 37.8. The van der Waals surface area contributed by atoms with Crippen LogP contribution < -0.4 is 30.1 Å². The van der Waals surface area contributed by atoms with Crippen LogP contribution in [0.1, 0.15) is 128 Å². The Kier molecular flexibility index (Phi) is 11.6. The van der Waals surface area contributed by atoms with E-state index in [0.29, 0.717) is 37.2 Å². The van der Waals surface area contributed by atoms with Gasteiger partial charge in [0.25, 0.3) is 5.91 Å².